The number of ether oxygens (including phenoxy) is 2. The van der Waals surface area contributed by atoms with Gasteiger partial charge in [0.25, 0.3) is 0 Å². The molecule has 0 aromatic rings. The van der Waals surface area contributed by atoms with Gasteiger partial charge in [0.2, 0.25) is 5.91 Å². The summed E-state index contributed by atoms with van der Waals surface area (Å²) in [5.41, 5.74) is 0. The quantitative estimate of drug-likeness (QED) is 0.0265. The summed E-state index contributed by atoms with van der Waals surface area (Å²) < 4.78 is 11.2. The number of unbranched alkanes of at least 4 members (excludes halogenated alkanes) is 30. The van der Waals surface area contributed by atoms with E-state index in [1.165, 1.54) is 167 Å². The molecule has 0 spiro atoms. The second kappa shape index (κ2) is 38.2. The summed E-state index contributed by atoms with van der Waals surface area (Å²) in [7, 11) is 0. The molecule has 9 heteroatoms. The van der Waals surface area contributed by atoms with Crippen LogP contribution in [0.25, 0.3) is 0 Å². The molecule has 9 nitrogen and oxygen atoms in total. The fraction of sp³-hybridized carbons (Fsp3) is 0.936. The molecule has 1 fully saturated rings. The van der Waals surface area contributed by atoms with E-state index in [0.717, 1.165) is 38.5 Å². The lowest BCUT2D eigenvalue weighted by Crippen LogP contribution is -2.60. The van der Waals surface area contributed by atoms with Gasteiger partial charge >= 0.3 is 0 Å². The molecule has 0 radical (unpaired) electrons. The van der Waals surface area contributed by atoms with Gasteiger partial charge in [-0.05, 0) is 19.3 Å². The van der Waals surface area contributed by atoms with E-state index in [0.29, 0.717) is 6.42 Å². The largest absolute Gasteiger partial charge is 0.394 e. The predicted molar refractivity (Wildman–Crippen MR) is 231 cm³/mol. The zero-order valence-electron chi connectivity index (χ0n) is 36.4. The predicted octanol–water partition coefficient (Wildman–Crippen LogP) is 10.1. The van der Waals surface area contributed by atoms with Crippen molar-refractivity contribution in [1.29, 1.82) is 0 Å². The van der Waals surface area contributed by atoms with Crippen molar-refractivity contribution in [2.75, 3.05) is 13.2 Å². The van der Waals surface area contributed by atoms with Crippen molar-refractivity contribution in [3.8, 4) is 0 Å². The Bertz CT molecular complexity index is 888. The van der Waals surface area contributed by atoms with Crippen molar-refractivity contribution in [2.45, 2.75) is 269 Å². The topological polar surface area (TPSA) is 149 Å². The van der Waals surface area contributed by atoms with Crippen LogP contribution in [0.3, 0.4) is 0 Å². The Kier molecular flexibility index (Phi) is 36.1. The van der Waals surface area contributed by atoms with Crippen LogP contribution in [0.5, 0.6) is 0 Å². The minimum Gasteiger partial charge on any atom is -0.394 e. The van der Waals surface area contributed by atoms with Crippen LogP contribution in [0.1, 0.15) is 226 Å². The number of carbonyl (C=O) groups excluding carboxylic acids is 1. The Morgan fingerprint density at radius 2 is 0.982 bits per heavy atom. The first-order chi connectivity index (χ1) is 27.3. The fourth-order valence-electron chi connectivity index (χ4n) is 7.75. The monoisotopic (exact) mass is 798 g/mol. The highest BCUT2D eigenvalue weighted by Gasteiger charge is 2.44. The van der Waals surface area contributed by atoms with Crippen LogP contribution in [-0.2, 0) is 14.3 Å². The molecular weight excluding hydrogens is 707 g/mol. The van der Waals surface area contributed by atoms with Gasteiger partial charge in [-0.2, -0.15) is 0 Å². The van der Waals surface area contributed by atoms with E-state index in [1.54, 1.807) is 6.08 Å². The molecule has 1 rings (SSSR count). The first-order valence-electron chi connectivity index (χ1n) is 23.9. The molecule has 1 heterocycles. The average Bonchev–Trinajstić information content (AvgIpc) is 3.20. The number of allylic oxidation sites excluding steroid dienone is 1. The Morgan fingerprint density at radius 1 is 0.589 bits per heavy atom. The first kappa shape index (κ1) is 52.9. The lowest BCUT2D eigenvalue weighted by atomic mass is 9.99. The van der Waals surface area contributed by atoms with Crippen LogP contribution >= 0.6 is 0 Å². The molecule has 1 saturated heterocycles. The van der Waals surface area contributed by atoms with E-state index in [2.05, 4.69) is 19.2 Å². The molecule has 6 N–H and O–H groups in total. The van der Waals surface area contributed by atoms with Crippen molar-refractivity contribution < 1.29 is 39.8 Å². The van der Waals surface area contributed by atoms with Crippen molar-refractivity contribution >= 4 is 5.91 Å². The highest BCUT2D eigenvalue weighted by atomic mass is 16.7. The number of aliphatic hydroxyl groups is 5. The molecule has 332 valence electrons. The van der Waals surface area contributed by atoms with E-state index in [-0.39, 0.29) is 12.5 Å². The molecule has 0 bridgehead atoms. The van der Waals surface area contributed by atoms with Crippen molar-refractivity contribution in [3.63, 3.8) is 0 Å². The number of rotatable bonds is 40. The minimum absolute atomic E-state index is 0.174. The van der Waals surface area contributed by atoms with E-state index in [4.69, 9.17) is 9.47 Å². The highest BCUT2D eigenvalue weighted by molar-refractivity contribution is 5.76. The van der Waals surface area contributed by atoms with Gasteiger partial charge in [-0.1, -0.05) is 212 Å². The summed E-state index contributed by atoms with van der Waals surface area (Å²) in [5.74, 6) is -0.174. The SMILES string of the molecule is CCCCCCCCCCC/C=C/[C@@H](O)[C@H](CO[C@H]1O[C@@H](CO)[C@H](O)C(O)C1O)NC(=O)CCCCCCCCCCCCCCCCCCCCCCCC. The lowest BCUT2D eigenvalue weighted by molar-refractivity contribution is -0.302. The maximum absolute atomic E-state index is 12.9. The number of aliphatic hydroxyl groups excluding tert-OH is 5. The van der Waals surface area contributed by atoms with Crippen molar-refractivity contribution in [2.24, 2.45) is 0 Å². The van der Waals surface area contributed by atoms with Gasteiger partial charge < -0.3 is 40.3 Å². The molecule has 1 aliphatic rings. The smallest absolute Gasteiger partial charge is 0.220 e. The van der Waals surface area contributed by atoms with E-state index in [9.17, 15) is 30.3 Å². The normalized spacial score (nSPS) is 21.2. The molecule has 0 saturated carbocycles. The van der Waals surface area contributed by atoms with Crippen LogP contribution in [0.2, 0.25) is 0 Å². The van der Waals surface area contributed by atoms with Gasteiger partial charge in [0.05, 0.1) is 25.4 Å². The second-order valence-corrected chi connectivity index (χ2v) is 16.9. The number of hydrogen-bond acceptors (Lipinski definition) is 8. The minimum atomic E-state index is -1.56. The molecular formula is C47H91NO8. The summed E-state index contributed by atoms with van der Waals surface area (Å²) in [4.78, 5) is 12.9. The molecule has 0 aromatic heterocycles. The zero-order valence-corrected chi connectivity index (χ0v) is 36.4. The molecule has 0 aliphatic carbocycles. The number of amides is 1. The van der Waals surface area contributed by atoms with Gasteiger partial charge in [-0.25, -0.2) is 0 Å². The summed E-state index contributed by atoms with van der Waals surface area (Å²) in [5, 5.41) is 54.1. The van der Waals surface area contributed by atoms with E-state index >= 15 is 0 Å². The Balaban J connectivity index is 2.25. The molecule has 2 unspecified atom stereocenters. The van der Waals surface area contributed by atoms with Gasteiger partial charge in [0, 0.05) is 6.42 Å². The Morgan fingerprint density at radius 3 is 1.39 bits per heavy atom. The molecule has 56 heavy (non-hydrogen) atoms. The van der Waals surface area contributed by atoms with E-state index < -0.39 is 49.5 Å². The van der Waals surface area contributed by atoms with Crippen molar-refractivity contribution in [1.82, 2.24) is 5.32 Å². The highest BCUT2D eigenvalue weighted by Crippen LogP contribution is 2.23. The van der Waals surface area contributed by atoms with Crippen molar-refractivity contribution in [3.05, 3.63) is 12.2 Å². The molecule has 1 aliphatic heterocycles. The summed E-state index contributed by atoms with van der Waals surface area (Å²) >= 11 is 0. The lowest BCUT2D eigenvalue weighted by Gasteiger charge is -2.40. The van der Waals surface area contributed by atoms with Crippen LogP contribution in [0.4, 0.5) is 0 Å². The van der Waals surface area contributed by atoms with Gasteiger partial charge in [-0.15, -0.1) is 0 Å². The number of nitrogens with one attached hydrogen (secondary N) is 1. The maximum Gasteiger partial charge on any atom is 0.220 e. The summed E-state index contributed by atoms with van der Waals surface area (Å²) in [6, 6.07) is -0.797. The third kappa shape index (κ3) is 28.4. The standard InChI is InChI=1S/C47H91NO8/c1-3-5-7-9-11-13-15-16-17-18-19-20-21-22-23-24-25-27-29-31-33-35-37-43(51)48-40(39-55-47-46(54)45(53)44(52)42(38-49)56-47)41(50)36-34-32-30-28-26-14-12-10-8-6-4-2/h34,36,40-42,44-47,49-50,52-54H,3-33,35,37-39H2,1-2H3,(H,48,51)/b36-34+/t40-,41+,42-,44-,45?,46?,47-/m0/s1. The Hall–Kier alpha value is -1.07. The number of carbonyl (C=O) groups is 1. The third-order valence-corrected chi connectivity index (χ3v) is 11.6. The van der Waals surface area contributed by atoms with Gasteiger partial charge in [0.15, 0.2) is 6.29 Å². The molecule has 0 aromatic carbocycles. The van der Waals surface area contributed by atoms with Crippen LogP contribution in [-0.4, -0.2) is 87.5 Å². The van der Waals surface area contributed by atoms with Crippen LogP contribution in [0, 0.1) is 0 Å². The summed E-state index contributed by atoms with van der Waals surface area (Å²) in [6.07, 6.45) is 36.9. The second-order valence-electron chi connectivity index (χ2n) is 16.9. The zero-order chi connectivity index (χ0) is 40.9. The first-order valence-corrected chi connectivity index (χ1v) is 23.9. The average molecular weight is 798 g/mol. The number of hydrogen-bond donors (Lipinski definition) is 6. The van der Waals surface area contributed by atoms with Crippen LogP contribution < -0.4 is 5.32 Å². The van der Waals surface area contributed by atoms with Gasteiger partial charge in [0.1, 0.15) is 24.4 Å². The maximum atomic E-state index is 12.9. The van der Waals surface area contributed by atoms with E-state index in [1.807, 2.05) is 6.08 Å². The summed E-state index contributed by atoms with van der Waals surface area (Å²) in [6.45, 7) is 3.77. The van der Waals surface area contributed by atoms with Gasteiger partial charge in [-0.3, -0.25) is 4.79 Å². The molecule has 7 atom stereocenters. The van der Waals surface area contributed by atoms with Crippen LogP contribution in [0.15, 0.2) is 12.2 Å². The third-order valence-electron chi connectivity index (χ3n) is 11.6. The molecule has 1 amide bonds. The fourth-order valence-corrected chi connectivity index (χ4v) is 7.75. The Labute approximate surface area is 344 Å².